The maximum absolute atomic E-state index is 13.0. The Kier molecular flexibility index (Phi) is 7.23. The zero-order valence-corrected chi connectivity index (χ0v) is 18.1. The standard InChI is InChI=1S/C21H31N5O.ClH/c1-5-7-18-19(20(27)25-13-6-8-16(22)14-25)23-24-26(18)17-11-9-15(10-12-17)21(2,3)4;/h9-12,16H,5-8,13-14,22H2,1-4H3;1H. The summed E-state index contributed by atoms with van der Waals surface area (Å²) < 4.78 is 1.81. The van der Waals surface area contributed by atoms with Gasteiger partial charge in [-0.25, -0.2) is 4.68 Å². The summed E-state index contributed by atoms with van der Waals surface area (Å²) in [5, 5.41) is 8.58. The molecule has 2 heterocycles. The highest BCUT2D eigenvalue weighted by Gasteiger charge is 2.28. The van der Waals surface area contributed by atoms with Gasteiger partial charge >= 0.3 is 0 Å². The number of likely N-dealkylation sites (tertiary alicyclic amines) is 1. The molecule has 2 N–H and O–H groups in total. The van der Waals surface area contributed by atoms with Gasteiger partial charge in [0.2, 0.25) is 0 Å². The fourth-order valence-electron chi connectivity index (χ4n) is 3.58. The van der Waals surface area contributed by atoms with Gasteiger partial charge in [0.25, 0.3) is 5.91 Å². The summed E-state index contributed by atoms with van der Waals surface area (Å²) >= 11 is 0. The average Bonchev–Trinajstić information content (AvgIpc) is 3.04. The summed E-state index contributed by atoms with van der Waals surface area (Å²) in [5.41, 5.74) is 9.69. The molecule has 0 bridgehead atoms. The second kappa shape index (κ2) is 9.05. The van der Waals surface area contributed by atoms with E-state index in [1.54, 1.807) is 0 Å². The molecule has 0 radical (unpaired) electrons. The van der Waals surface area contributed by atoms with Gasteiger partial charge in [-0.2, -0.15) is 0 Å². The maximum atomic E-state index is 13.0. The SMILES string of the molecule is CCCc1c(C(=O)N2CCCC(N)C2)nnn1-c1ccc(C(C)(C)C)cc1.Cl. The predicted molar refractivity (Wildman–Crippen MR) is 114 cm³/mol. The fraction of sp³-hybridized carbons (Fsp3) is 0.571. The van der Waals surface area contributed by atoms with Gasteiger partial charge in [-0.15, -0.1) is 17.5 Å². The predicted octanol–water partition coefficient (Wildman–Crippen LogP) is 3.50. The van der Waals surface area contributed by atoms with Gasteiger partial charge < -0.3 is 10.6 Å². The number of carbonyl (C=O) groups excluding carboxylic acids is 1. The molecule has 1 aliphatic heterocycles. The van der Waals surface area contributed by atoms with Crippen LogP contribution < -0.4 is 5.73 Å². The highest BCUT2D eigenvalue weighted by molar-refractivity contribution is 5.93. The summed E-state index contributed by atoms with van der Waals surface area (Å²) in [7, 11) is 0. The van der Waals surface area contributed by atoms with E-state index in [1.807, 2.05) is 9.58 Å². The molecule has 1 fully saturated rings. The molecular weight excluding hydrogens is 374 g/mol. The molecule has 1 saturated heterocycles. The van der Waals surface area contributed by atoms with Gasteiger partial charge in [-0.1, -0.05) is 51.5 Å². The molecule has 1 aromatic heterocycles. The smallest absolute Gasteiger partial charge is 0.276 e. The third kappa shape index (κ3) is 4.73. The molecule has 3 rings (SSSR count). The molecule has 28 heavy (non-hydrogen) atoms. The van der Waals surface area contributed by atoms with Crippen LogP contribution in [0.25, 0.3) is 5.69 Å². The minimum absolute atomic E-state index is 0. The highest BCUT2D eigenvalue weighted by atomic mass is 35.5. The third-order valence-electron chi connectivity index (χ3n) is 5.18. The van der Waals surface area contributed by atoms with Crippen molar-refractivity contribution < 1.29 is 4.79 Å². The number of hydrogen-bond donors (Lipinski definition) is 1. The van der Waals surface area contributed by atoms with E-state index in [4.69, 9.17) is 5.73 Å². The molecule has 1 aromatic carbocycles. The zero-order valence-electron chi connectivity index (χ0n) is 17.3. The van der Waals surface area contributed by atoms with Gasteiger partial charge in [0.05, 0.1) is 11.4 Å². The second-order valence-electron chi connectivity index (χ2n) is 8.50. The number of nitrogens with zero attached hydrogens (tertiary/aromatic N) is 4. The Labute approximate surface area is 173 Å². The van der Waals surface area contributed by atoms with E-state index >= 15 is 0 Å². The van der Waals surface area contributed by atoms with E-state index in [2.05, 4.69) is 62.3 Å². The van der Waals surface area contributed by atoms with Crippen molar-refractivity contribution in [3.05, 3.63) is 41.2 Å². The Morgan fingerprint density at radius 3 is 2.50 bits per heavy atom. The van der Waals surface area contributed by atoms with E-state index in [0.29, 0.717) is 12.2 Å². The van der Waals surface area contributed by atoms with Gasteiger partial charge in [-0.3, -0.25) is 4.79 Å². The van der Waals surface area contributed by atoms with Gasteiger partial charge in [0.1, 0.15) is 0 Å². The van der Waals surface area contributed by atoms with Crippen molar-refractivity contribution in [1.82, 2.24) is 19.9 Å². The highest BCUT2D eigenvalue weighted by Crippen LogP contribution is 2.24. The van der Waals surface area contributed by atoms with Crippen molar-refractivity contribution in [3.63, 3.8) is 0 Å². The number of rotatable bonds is 4. The normalized spacial score (nSPS) is 17.3. The second-order valence-corrected chi connectivity index (χ2v) is 8.50. The minimum atomic E-state index is -0.0499. The number of carbonyl (C=O) groups is 1. The molecule has 1 amide bonds. The van der Waals surface area contributed by atoms with Gasteiger partial charge in [-0.05, 0) is 42.4 Å². The molecule has 1 atom stereocenters. The van der Waals surface area contributed by atoms with E-state index in [-0.39, 0.29) is 29.8 Å². The number of halogens is 1. The lowest BCUT2D eigenvalue weighted by atomic mass is 9.87. The molecule has 0 spiro atoms. The molecule has 2 aromatic rings. The van der Waals surface area contributed by atoms with Crippen LogP contribution in [-0.4, -0.2) is 44.9 Å². The van der Waals surface area contributed by atoms with Crippen LogP contribution in [0.5, 0.6) is 0 Å². The molecule has 1 unspecified atom stereocenters. The fourth-order valence-corrected chi connectivity index (χ4v) is 3.58. The van der Waals surface area contributed by atoms with Crippen LogP contribution in [0.3, 0.4) is 0 Å². The van der Waals surface area contributed by atoms with Crippen LogP contribution in [0.15, 0.2) is 24.3 Å². The van der Waals surface area contributed by atoms with Crippen molar-refractivity contribution in [2.45, 2.75) is 64.8 Å². The quantitative estimate of drug-likeness (QED) is 0.844. The summed E-state index contributed by atoms with van der Waals surface area (Å²) in [5.74, 6) is -0.0499. The number of aromatic nitrogens is 3. The maximum Gasteiger partial charge on any atom is 0.276 e. The van der Waals surface area contributed by atoms with Crippen molar-refractivity contribution in [2.75, 3.05) is 13.1 Å². The van der Waals surface area contributed by atoms with Crippen molar-refractivity contribution >= 4 is 18.3 Å². The van der Waals surface area contributed by atoms with Crippen LogP contribution in [0.4, 0.5) is 0 Å². The molecule has 7 heteroatoms. The van der Waals surface area contributed by atoms with E-state index < -0.39 is 0 Å². The summed E-state index contributed by atoms with van der Waals surface area (Å²) in [4.78, 5) is 14.8. The number of piperidine rings is 1. The number of benzene rings is 1. The Morgan fingerprint density at radius 2 is 1.93 bits per heavy atom. The van der Waals surface area contributed by atoms with Crippen LogP contribution >= 0.6 is 12.4 Å². The molecule has 0 aliphatic carbocycles. The Bertz CT molecular complexity index is 794. The van der Waals surface area contributed by atoms with E-state index in [9.17, 15) is 4.79 Å². The first-order valence-electron chi connectivity index (χ1n) is 9.91. The lowest BCUT2D eigenvalue weighted by Gasteiger charge is -2.30. The Hall–Kier alpha value is -1.92. The first-order chi connectivity index (χ1) is 12.8. The molecule has 0 saturated carbocycles. The number of hydrogen-bond acceptors (Lipinski definition) is 4. The van der Waals surface area contributed by atoms with Crippen molar-refractivity contribution in [2.24, 2.45) is 5.73 Å². The first-order valence-corrected chi connectivity index (χ1v) is 9.91. The van der Waals surface area contributed by atoms with Crippen LogP contribution in [0, 0.1) is 0 Å². The van der Waals surface area contributed by atoms with Gasteiger partial charge in [0.15, 0.2) is 5.69 Å². The third-order valence-corrected chi connectivity index (χ3v) is 5.18. The molecular formula is C21H32ClN5O. The zero-order chi connectivity index (χ0) is 19.6. The Balaban J connectivity index is 0.00000280. The van der Waals surface area contributed by atoms with Gasteiger partial charge in [0, 0.05) is 19.1 Å². The van der Waals surface area contributed by atoms with Crippen molar-refractivity contribution in [1.29, 1.82) is 0 Å². The molecule has 6 nitrogen and oxygen atoms in total. The Morgan fingerprint density at radius 1 is 1.25 bits per heavy atom. The largest absolute Gasteiger partial charge is 0.336 e. The summed E-state index contributed by atoms with van der Waals surface area (Å²) in [6.07, 6.45) is 3.60. The number of nitrogens with two attached hydrogens (primary N) is 1. The van der Waals surface area contributed by atoms with E-state index in [0.717, 1.165) is 43.6 Å². The van der Waals surface area contributed by atoms with Crippen LogP contribution in [0.2, 0.25) is 0 Å². The van der Waals surface area contributed by atoms with Crippen LogP contribution in [0.1, 0.15) is 68.7 Å². The lowest BCUT2D eigenvalue weighted by Crippen LogP contribution is -2.46. The lowest BCUT2D eigenvalue weighted by molar-refractivity contribution is 0.0701. The monoisotopic (exact) mass is 405 g/mol. The number of amides is 1. The van der Waals surface area contributed by atoms with Crippen LogP contribution in [-0.2, 0) is 11.8 Å². The summed E-state index contributed by atoms with van der Waals surface area (Å²) in [6.45, 7) is 10.0. The topological polar surface area (TPSA) is 77.0 Å². The van der Waals surface area contributed by atoms with Crippen molar-refractivity contribution in [3.8, 4) is 5.69 Å². The minimum Gasteiger partial charge on any atom is -0.336 e. The first kappa shape index (κ1) is 22.4. The summed E-state index contributed by atoms with van der Waals surface area (Å²) in [6, 6.07) is 8.41. The average molecular weight is 406 g/mol. The molecule has 1 aliphatic rings. The molecule has 154 valence electrons. The van der Waals surface area contributed by atoms with E-state index in [1.165, 1.54) is 5.56 Å².